The zero-order valence-corrected chi connectivity index (χ0v) is 10.3. The van der Waals surface area contributed by atoms with Crippen LogP contribution >= 0.6 is 11.6 Å². The Labute approximate surface area is 109 Å². The van der Waals surface area contributed by atoms with Crippen LogP contribution in [0.5, 0.6) is 0 Å². The Kier molecular flexibility index (Phi) is 1.89. The smallest absolute Gasteiger partial charge is 0.256 e. The summed E-state index contributed by atoms with van der Waals surface area (Å²) in [5.41, 5.74) is 2.52. The summed E-state index contributed by atoms with van der Waals surface area (Å²) in [6, 6.07) is 7.66. The van der Waals surface area contributed by atoms with Gasteiger partial charge in [-0.2, -0.15) is 0 Å². The maximum Gasteiger partial charge on any atom is 0.256 e. The van der Waals surface area contributed by atoms with E-state index in [1.807, 2.05) is 33.7 Å². The average Bonchev–Trinajstić information content (AvgIpc) is 2.67. The highest BCUT2D eigenvalue weighted by Gasteiger charge is 2.41. The number of carbonyl (C=O) groups is 1. The van der Waals surface area contributed by atoms with Crippen molar-refractivity contribution in [2.75, 3.05) is 6.54 Å². The van der Waals surface area contributed by atoms with Crippen LogP contribution in [0.2, 0.25) is 5.15 Å². The molecule has 1 saturated heterocycles. The van der Waals surface area contributed by atoms with Gasteiger partial charge < -0.3 is 4.90 Å². The highest BCUT2D eigenvalue weighted by atomic mass is 35.5. The van der Waals surface area contributed by atoms with Crippen molar-refractivity contribution in [1.82, 2.24) is 14.5 Å². The minimum absolute atomic E-state index is 0.0694. The molecule has 2 aromatic rings. The Hall–Kier alpha value is -1.81. The maximum atomic E-state index is 12.4. The molecule has 3 heterocycles. The van der Waals surface area contributed by atoms with Crippen LogP contribution in [0.4, 0.5) is 0 Å². The van der Waals surface area contributed by atoms with Crippen molar-refractivity contribution in [1.29, 1.82) is 0 Å². The number of aromatic nitrogens is 2. The first kappa shape index (κ1) is 10.1. The Balaban J connectivity index is 2.07. The largest absolute Gasteiger partial charge is 0.330 e. The van der Waals surface area contributed by atoms with Crippen LogP contribution in [0.25, 0.3) is 5.69 Å². The van der Waals surface area contributed by atoms with Crippen molar-refractivity contribution in [3.8, 4) is 5.69 Å². The predicted molar refractivity (Wildman–Crippen MR) is 67.0 cm³/mol. The molecule has 4 rings (SSSR count). The fourth-order valence-electron chi connectivity index (χ4n) is 2.76. The second-order valence-electron chi connectivity index (χ2n) is 4.61. The van der Waals surface area contributed by atoms with Gasteiger partial charge in [-0.3, -0.25) is 9.36 Å². The van der Waals surface area contributed by atoms with Gasteiger partial charge in [-0.05, 0) is 18.6 Å². The van der Waals surface area contributed by atoms with Crippen molar-refractivity contribution in [3.05, 3.63) is 47.0 Å². The van der Waals surface area contributed by atoms with Gasteiger partial charge in [-0.25, -0.2) is 4.98 Å². The van der Waals surface area contributed by atoms with E-state index in [1.165, 1.54) is 0 Å². The quantitative estimate of drug-likeness (QED) is 0.729. The van der Waals surface area contributed by atoms with Gasteiger partial charge in [0.1, 0.15) is 6.33 Å². The van der Waals surface area contributed by atoms with Crippen LogP contribution in [0, 0.1) is 0 Å². The maximum absolute atomic E-state index is 12.4. The predicted octanol–water partition coefficient (Wildman–Crippen LogP) is 2.43. The number of fused-ring (bicyclic) bond motifs is 5. The van der Waals surface area contributed by atoms with Gasteiger partial charge in [0.25, 0.3) is 5.91 Å². The number of hydrogen-bond donors (Lipinski definition) is 0. The summed E-state index contributed by atoms with van der Waals surface area (Å²) in [4.78, 5) is 18.5. The van der Waals surface area contributed by atoms with Crippen molar-refractivity contribution >= 4 is 17.5 Å². The van der Waals surface area contributed by atoms with E-state index in [9.17, 15) is 4.79 Å². The van der Waals surface area contributed by atoms with Crippen LogP contribution in [-0.4, -0.2) is 26.9 Å². The highest BCUT2D eigenvalue weighted by molar-refractivity contribution is 6.30. The van der Waals surface area contributed by atoms with Gasteiger partial charge in [0.2, 0.25) is 0 Å². The molecular weight excluding hydrogens is 250 g/mol. The van der Waals surface area contributed by atoms with E-state index in [0.717, 1.165) is 29.9 Å². The van der Waals surface area contributed by atoms with E-state index in [2.05, 4.69) is 4.98 Å². The first-order valence-corrected chi connectivity index (χ1v) is 6.28. The lowest BCUT2D eigenvalue weighted by molar-refractivity contribution is 0.0460. The number of imidazole rings is 1. The lowest BCUT2D eigenvalue weighted by atomic mass is 9.99. The molecule has 1 aromatic heterocycles. The molecule has 0 saturated carbocycles. The molecule has 5 heteroatoms. The van der Waals surface area contributed by atoms with E-state index >= 15 is 0 Å². The first-order valence-electron chi connectivity index (χ1n) is 5.90. The van der Waals surface area contributed by atoms with Crippen molar-refractivity contribution in [3.63, 3.8) is 0 Å². The summed E-state index contributed by atoms with van der Waals surface area (Å²) < 4.78 is 1.94. The average molecular weight is 260 g/mol. The molecule has 0 unspecified atom stereocenters. The molecule has 1 atom stereocenters. The molecule has 1 aromatic carbocycles. The van der Waals surface area contributed by atoms with E-state index < -0.39 is 0 Å². The van der Waals surface area contributed by atoms with Crippen LogP contribution in [0.15, 0.2) is 30.6 Å². The molecule has 0 N–H and O–H groups in total. The summed E-state index contributed by atoms with van der Waals surface area (Å²) >= 11 is 6.17. The lowest BCUT2D eigenvalue weighted by Gasteiger charge is -2.39. The number of rotatable bonds is 0. The number of hydrogen-bond acceptors (Lipinski definition) is 2. The van der Waals surface area contributed by atoms with E-state index in [1.54, 1.807) is 6.33 Å². The third kappa shape index (κ3) is 1.11. The van der Waals surface area contributed by atoms with E-state index in [0.29, 0.717) is 5.15 Å². The summed E-state index contributed by atoms with van der Waals surface area (Å²) in [6.07, 6.45) is 2.65. The lowest BCUT2D eigenvalue weighted by Crippen LogP contribution is -2.44. The first-order chi connectivity index (χ1) is 8.77. The van der Waals surface area contributed by atoms with Crippen LogP contribution in [-0.2, 0) is 0 Å². The highest BCUT2D eigenvalue weighted by Crippen LogP contribution is 2.41. The molecule has 0 bridgehead atoms. The SMILES string of the molecule is O=C1c2ccccc2-n2cnc(Cl)c2[C@@H]2CCN12. The monoisotopic (exact) mass is 259 g/mol. The van der Waals surface area contributed by atoms with Gasteiger partial charge in [0.15, 0.2) is 5.15 Å². The summed E-state index contributed by atoms with van der Waals surface area (Å²) in [6.45, 7) is 0.791. The van der Waals surface area contributed by atoms with Crippen LogP contribution < -0.4 is 0 Å². The number of carbonyl (C=O) groups excluding carboxylic acids is 1. The van der Waals surface area contributed by atoms with Gasteiger partial charge in [0.05, 0.1) is 23.0 Å². The second-order valence-corrected chi connectivity index (χ2v) is 4.97. The number of halogens is 1. The minimum atomic E-state index is 0.0694. The molecular formula is C13H10ClN3O. The Morgan fingerprint density at radius 2 is 2.17 bits per heavy atom. The van der Waals surface area contributed by atoms with E-state index in [4.69, 9.17) is 11.6 Å². The Bertz CT molecular complexity index is 664. The normalized spacial score (nSPS) is 20.6. The molecule has 2 aliphatic heterocycles. The molecule has 90 valence electrons. The third-order valence-electron chi connectivity index (χ3n) is 3.75. The van der Waals surface area contributed by atoms with Crippen LogP contribution in [0.3, 0.4) is 0 Å². The fourth-order valence-corrected chi connectivity index (χ4v) is 3.02. The fraction of sp³-hybridized carbons (Fsp3) is 0.231. The number of amides is 1. The van der Waals surface area contributed by atoms with Gasteiger partial charge in [-0.1, -0.05) is 23.7 Å². The molecule has 4 nitrogen and oxygen atoms in total. The van der Waals surface area contributed by atoms with Crippen LogP contribution in [0.1, 0.15) is 28.5 Å². The van der Waals surface area contributed by atoms with Gasteiger partial charge in [-0.15, -0.1) is 0 Å². The Morgan fingerprint density at radius 1 is 1.33 bits per heavy atom. The molecule has 1 amide bonds. The van der Waals surface area contributed by atoms with E-state index in [-0.39, 0.29) is 11.9 Å². The number of nitrogens with zero attached hydrogens (tertiary/aromatic N) is 3. The van der Waals surface area contributed by atoms with Crippen molar-refractivity contribution in [2.45, 2.75) is 12.5 Å². The van der Waals surface area contributed by atoms with Gasteiger partial charge in [0, 0.05) is 6.54 Å². The van der Waals surface area contributed by atoms with Gasteiger partial charge >= 0.3 is 0 Å². The molecule has 2 aliphatic rings. The molecule has 18 heavy (non-hydrogen) atoms. The Morgan fingerprint density at radius 3 is 2.94 bits per heavy atom. The standard InChI is InChI=1S/C13H10ClN3O/c14-12-11-10-5-6-16(10)13(18)8-3-1-2-4-9(8)17(11)7-15-12/h1-4,7,10H,5-6H2/t10-/m0/s1. The summed E-state index contributed by atoms with van der Waals surface area (Å²) in [5, 5.41) is 0.495. The van der Waals surface area contributed by atoms with Crippen molar-refractivity contribution < 1.29 is 4.79 Å². The topological polar surface area (TPSA) is 38.1 Å². The summed E-state index contributed by atoms with van der Waals surface area (Å²) in [7, 11) is 0. The third-order valence-corrected chi connectivity index (χ3v) is 4.04. The molecule has 0 spiro atoms. The number of benzene rings is 1. The molecule has 1 fully saturated rings. The zero-order valence-electron chi connectivity index (χ0n) is 9.51. The van der Waals surface area contributed by atoms with Crippen molar-refractivity contribution in [2.24, 2.45) is 0 Å². The number of para-hydroxylation sites is 1. The summed E-state index contributed by atoms with van der Waals surface area (Å²) in [5.74, 6) is 0.0848. The molecule has 0 aliphatic carbocycles. The minimum Gasteiger partial charge on any atom is -0.330 e. The zero-order chi connectivity index (χ0) is 12.3. The molecule has 0 radical (unpaired) electrons. The second kappa shape index (κ2) is 3.36.